The van der Waals surface area contributed by atoms with Crippen LogP contribution in [0.25, 0.3) is 0 Å². The zero-order valence-electron chi connectivity index (χ0n) is 12.3. The van der Waals surface area contributed by atoms with Gasteiger partial charge in [-0.1, -0.05) is 0 Å². The molecule has 19 heavy (non-hydrogen) atoms. The number of nitrogens with zero attached hydrogens (tertiary/aromatic N) is 3. The molecule has 0 unspecified atom stereocenters. The number of rotatable bonds is 5. The van der Waals surface area contributed by atoms with E-state index in [2.05, 4.69) is 25.7 Å². The van der Waals surface area contributed by atoms with Crippen molar-refractivity contribution in [3.63, 3.8) is 0 Å². The molecule has 0 aliphatic rings. The van der Waals surface area contributed by atoms with Gasteiger partial charge < -0.3 is 15.5 Å². The molecule has 0 aliphatic heterocycles. The first-order chi connectivity index (χ1) is 8.78. The highest BCUT2D eigenvalue weighted by Gasteiger charge is 2.16. The van der Waals surface area contributed by atoms with Crippen LogP contribution >= 0.6 is 0 Å². The molecule has 0 spiro atoms. The Morgan fingerprint density at radius 2 is 1.95 bits per heavy atom. The minimum atomic E-state index is -0.276. The molecular weight excluding hydrogens is 242 g/mol. The number of carbonyl (C=O) groups excluding carboxylic acids is 1. The van der Waals surface area contributed by atoms with Crippen LogP contribution in [0, 0.1) is 0 Å². The summed E-state index contributed by atoms with van der Waals surface area (Å²) in [6, 6.07) is 3.44. The van der Waals surface area contributed by atoms with Crippen LogP contribution < -0.4 is 10.6 Å². The van der Waals surface area contributed by atoms with E-state index in [9.17, 15) is 4.79 Å². The maximum Gasteiger partial charge on any atom is 0.272 e. The van der Waals surface area contributed by atoms with Gasteiger partial charge in [0.1, 0.15) is 5.82 Å². The van der Waals surface area contributed by atoms with E-state index in [4.69, 9.17) is 0 Å². The number of carbonyl (C=O) groups is 1. The fourth-order valence-corrected chi connectivity index (χ4v) is 1.36. The summed E-state index contributed by atoms with van der Waals surface area (Å²) in [7, 11) is 4.01. The lowest BCUT2D eigenvalue weighted by Crippen LogP contribution is -2.41. The third kappa shape index (κ3) is 6.15. The zero-order chi connectivity index (χ0) is 14.5. The third-order valence-corrected chi connectivity index (χ3v) is 2.25. The lowest BCUT2D eigenvalue weighted by atomic mass is 10.1. The van der Waals surface area contributed by atoms with Crippen LogP contribution in [0.1, 0.15) is 31.3 Å². The molecule has 0 atom stereocenters. The summed E-state index contributed by atoms with van der Waals surface area (Å²) in [6.45, 7) is 7.48. The van der Waals surface area contributed by atoms with Crippen molar-refractivity contribution in [2.24, 2.45) is 0 Å². The Balaban J connectivity index is 2.54. The van der Waals surface area contributed by atoms with Gasteiger partial charge in [0.2, 0.25) is 0 Å². The van der Waals surface area contributed by atoms with Crippen LogP contribution in [0.5, 0.6) is 0 Å². The van der Waals surface area contributed by atoms with E-state index in [1.807, 2.05) is 34.9 Å². The molecule has 1 rings (SSSR count). The van der Waals surface area contributed by atoms with Gasteiger partial charge in [0.25, 0.3) is 5.91 Å². The summed E-state index contributed by atoms with van der Waals surface area (Å²) in [4.78, 5) is 13.9. The summed E-state index contributed by atoms with van der Waals surface area (Å²) in [5, 5.41) is 13.9. The molecule has 0 fully saturated rings. The topological polar surface area (TPSA) is 70.2 Å². The van der Waals surface area contributed by atoms with Crippen LogP contribution in [0.15, 0.2) is 12.1 Å². The van der Waals surface area contributed by atoms with Gasteiger partial charge >= 0.3 is 0 Å². The van der Waals surface area contributed by atoms with Crippen LogP contribution in [-0.2, 0) is 0 Å². The highest BCUT2D eigenvalue weighted by atomic mass is 16.2. The number of anilines is 1. The predicted octanol–water partition coefficient (Wildman–Crippen LogP) is 0.978. The molecular formula is C13H23N5O. The van der Waals surface area contributed by atoms with E-state index in [0.29, 0.717) is 11.5 Å². The van der Waals surface area contributed by atoms with E-state index in [1.54, 1.807) is 12.1 Å². The van der Waals surface area contributed by atoms with Crippen molar-refractivity contribution >= 4 is 11.7 Å². The number of nitrogens with one attached hydrogen (secondary N) is 2. The minimum absolute atomic E-state index is 0.208. The molecule has 6 heteroatoms. The summed E-state index contributed by atoms with van der Waals surface area (Å²) in [5.41, 5.74) is 0.0505. The maximum atomic E-state index is 11.8. The van der Waals surface area contributed by atoms with Crippen molar-refractivity contribution in [2.45, 2.75) is 26.3 Å². The van der Waals surface area contributed by atoms with Crippen LogP contribution in [-0.4, -0.2) is 53.7 Å². The summed E-state index contributed by atoms with van der Waals surface area (Å²) in [6.07, 6.45) is 0. The summed E-state index contributed by atoms with van der Waals surface area (Å²) in [5.74, 6) is 0.467. The molecule has 0 aromatic carbocycles. The molecule has 0 saturated heterocycles. The minimum Gasteiger partial charge on any atom is -0.367 e. The van der Waals surface area contributed by atoms with Crippen molar-refractivity contribution < 1.29 is 4.79 Å². The molecule has 0 aliphatic carbocycles. The molecule has 1 aromatic rings. The van der Waals surface area contributed by atoms with Crippen molar-refractivity contribution in [3.8, 4) is 0 Å². The molecule has 0 bridgehead atoms. The Morgan fingerprint density at radius 1 is 1.26 bits per heavy atom. The number of hydrogen-bond acceptors (Lipinski definition) is 5. The van der Waals surface area contributed by atoms with Crippen LogP contribution in [0.3, 0.4) is 0 Å². The lowest BCUT2D eigenvalue weighted by Gasteiger charge is -2.19. The Labute approximate surface area is 114 Å². The predicted molar refractivity (Wildman–Crippen MR) is 76.3 cm³/mol. The van der Waals surface area contributed by atoms with E-state index in [-0.39, 0.29) is 11.4 Å². The molecule has 106 valence electrons. The van der Waals surface area contributed by atoms with E-state index >= 15 is 0 Å². The second-order valence-electron chi connectivity index (χ2n) is 5.74. The molecule has 1 amide bonds. The van der Waals surface area contributed by atoms with E-state index < -0.39 is 0 Å². The first-order valence-electron chi connectivity index (χ1n) is 6.33. The van der Waals surface area contributed by atoms with Gasteiger partial charge in [-0.15, -0.1) is 10.2 Å². The van der Waals surface area contributed by atoms with Crippen molar-refractivity contribution in [1.82, 2.24) is 20.4 Å². The first-order valence-corrected chi connectivity index (χ1v) is 6.33. The second kappa shape index (κ2) is 6.47. The number of amides is 1. The Morgan fingerprint density at radius 3 is 2.42 bits per heavy atom. The highest BCUT2D eigenvalue weighted by Crippen LogP contribution is 2.04. The summed E-state index contributed by atoms with van der Waals surface area (Å²) < 4.78 is 0. The number of aromatic nitrogens is 2. The molecule has 6 nitrogen and oxygen atoms in total. The van der Waals surface area contributed by atoms with Gasteiger partial charge in [0.05, 0.1) is 0 Å². The Hall–Kier alpha value is -1.69. The number of hydrogen-bond donors (Lipinski definition) is 2. The van der Waals surface area contributed by atoms with Gasteiger partial charge in [-0.05, 0) is 47.0 Å². The monoisotopic (exact) mass is 265 g/mol. The fourth-order valence-electron chi connectivity index (χ4n) is 1.36. The smallest absolute Gasteiger partial charge is 0.272 e. The van der Waals surface area contributed by atoms with Crippen molar-refractivity contribution in [3.05, 3.63) is 17.8 Å². The Kier molecular flexibility index (Phi) is 5.23. The average Bonchev–Trinajstić information content (AvgIpc) is 2.27. The average molecular weight is 265 g/mol. The standard InChI is InChI=1S/C13H23N5O/c1-13(2,3)15-12(19)10-6-7-11(17-16-10)14-8-9-18(4)5/h6-7H,8-9H2,1-5H3,(H,14,17)(H,15,19). The SMILES string of the molecule is CN(C)CCNc1ccc(C(=O)NC(C)(C)C)nn1. The van der Waals surface area contributed by atoms with Gasteiger partial charge in [-0.25, -0.2) is 0 Å². The fraction of sp³-hybridized carbons (Fsp3) is 0.615. The number of likely N-dealkylation sites (N-methyl/N-ethyl adjacent to an activating group) is 1. The van der Waals surface area contributed by atoms with Gasteiger partial charge in [0, 0.05) is 18.6 Å². The maximum absolute atomic E-state index is 11.8. The molecule has 2 N–H and O–H groups in total. The molecule has 0 radical (unpaired) electrons. The van der Waals surface area contributed by atoms with E-state index in [0.717, 1.165) is 13.1 Å². The normalized spacial score (nSPS) is 11.5. The van der Waals surface area contributed by atoms with Gasteiger partial charge in [0.15, 0.2) is 5.69 Å². The van der Waals surface area contributed by atoms with Crippen LogP contribution in [0.2, 0.25) is 0 Å². The molecule has 0 saturated carbocycles. The summed E-state index contributed by atoms with van der Waals surface area (Å²) >= 11 is 0. The second-order valence-corrected chi connectivity index (χ2v) is 5.74. The van der Waals surface area contributed by atoms with Crippen LogP contribution in [0.4, 0.5) is 5.82 Å². The molecule has 1 heterocycles. The van der Waals surface area contributed by atoms with Gasteiger partial charge in [-0.3, -0.25) is 4.79 Å². The van der Waals surface area contributed by atoms with Crippen molar-refractivity contribution in [1.29, 1.82) is 0 Å². The Bertz CT molecular complexity index is 408. The zero-order valence-corrected chi connectivity index (χ0v) is 12.3. The highest BCUT2D eigenvalue weighted by molar-refractivity contribution is 5.92. The lowest BCUT2D eigenvalue weighted by molar-refractivity contribution is 0.0913. The first kappa shape index (κ1) is 15.4. The van der Waals surface area contributed by atoms with E-state index in [1.165, 1.54) is 0 Å². The largest absolute Gasteiger partial charge is 0.367 e. The van der Waals surface area contributed by atoms with Crippen molar-refractivity contribution in [2.75, 3.05) is 32.5 Å². The third-order valence-electron chi connectivity index (χ3n) is 2.25. The quantitative estimate of drug-likeness (QED) is 0.830. The van der Waals surface area contributed by atoms with Gasteiger partial charge in [-0.2, -0.15) is 0 Å². The molecule has 1 aromatic heterocycles.